The van der Waals surface area contributed by atoms with Gasteiger partial charge in [-0.3, -0.25) is 9.10 Å². The van der Waals surface area contributed by atoms with Gasteiger partial charge < -0.3 is 0 Å². The number of anilines is 1. The molecule has 0 atom stereocenters. The van der Waals surface area contributed by atoms with Gasteiger partial charge in [0.15, 0.2) is 0 Å². The summed E-state index contributed by atoms with van der Waals surface area (Å²) in [6, 6.07) is 8.82. The summed E-state index contributed by atoms with van der Waals surface area (Å²) in [6.07, 6.45) is -0.154. The van der Waals surface area contributed by atoms with Gasteiger partial charge >= 0.3 is 10.2 Å². The van der Waals surface area contributed by atoms with Crippen molar-refractivity contribution in [3.8, 4) is 6.07 Å². The number of carbonyl (C=O) groups is 1. The van der Waals surface area contributed by atoms with Crippen molar-refractivity contribution >= 4 is 21.8 Å². The van der Waals surface area contributed by atoms with Crippen molar-refractivity contribution in [2.24, 2.45) is 0 Å². The van der Waals surface area contributed by atoms with Gasteiger partial charge in [0.1, 0.15) is 0 Å². The molecular formula is C13H17N3O3S. The predicted molar refractivity (Wildman–Crippen MR) is 76.1 cm³/mol. The van der Waals surface area contributed by atoms with Gasteiger partial charge in [-0.1, -0.05) is 18.2 Å². The minimum Gasteiger partial charge on any atom is -0.274 e. The molecule has 1 N–H and O–H groups in total. The van der Waals surface area contributed by atoms with Crippen molar-refractivity contribution in [1.29, 1.82) is 5.26 Å². The number of para-hydroxylation sites is 1. The standard InChI is InChI=1S/C13H17N3O3S/c1-3-16(12-8-5-4-7-11(12)2)20(18,19)15-13(17)9-6-10-14/h4-5,7-8H,3,6,9H2,1-2H3,(H,15,17). The van der Waals surface area contributed by atoms with E-state index in [1.165, 1.54) is 0 Å². The van der Waals surface area contributed by atoms with Crippen LogP contribution in [0.1, 0.15) is 25.3 Å². The number of nitrogens with zero attached hydrogens (tertiary/aromatic N) is 2. The number of nitriles is 1. The second-order valence-electron chi connectivity index (χ2n) is 4.14. The Kier molecular flexibility index (Phi) is 5.53. The zero-order chi connectivity index (χ0) is 15.2. The maximum Gasteiger partial charge on any atom is 0.326 e. The fourth-order valence-corrected chi connectivity index (χ4v) is 3.04. The quantitative estimate of drug-likeness (QED) is 0.860. The Labute approximate surface area is 119 Å². The second kappa shape index (κ2) is 6.91. The molecule has 0 aliphatic rings. The van der Waals surface area contributed by atoms with Crippen molar-refractivity contribution in [3.63, 3.8) is 0 Å². The molecule has 0 heterocycles. The van der Waals surface area contributed by atoms with Gasteiger partial charge in [-0.2, -0.15) is 13.7 Å². The third kappa shape index (κ3) is 3.96. The molecule has 20 heavy (non-hydrogen) atoms. The van der Waals surface area contributed by atoms with Crippen LogP contribution in [0.25, 0.3) is 0 Å². The van der Waals surface area contributed by atoms with Crippen LogP contribution in [0.5, 0.6) is 0 Å². The maximum absolute atomic E-state index is 12.2. The molecule has 0 aromatic heterocycles. The summed E-state index contributed by atoms with van der Waals surface area (Å²) < 4.78 is 27.5. The smallest absolute Gasteiger partial charge is 0.274 e. The highest BCUT2D eigenvalue weighted by Gasteiger charge is 2.23. The largest absolute Gasteiger partial charge is 0.326 e. The number of hydrogen-bond donors (Lipinski definition) is 1. The summed E-state index contributed by atoms with van der Waals surface area (Å²) >= 11 is 0. The van der Waals surface area contributed by atoms with E-state index in [9.17, 15) is 13.2 Å². The fourth-order valence-electron chi connectivity index (χ4n) is 1.73. The first-order valence-corrected chi connectivity index (χ1v) is 7.62. The summed E-state index contributed by atoms with van der Waals surface area (Å²) in [5.41, 5.74) is 1.32. The number of hydrogen-bond acceptors (Lipinski definition) is 4. The van der Waals surface area contributed by atoms with Crippen LogP contribution in [0.4, 0.5) is 5.69 Å². The lowest BCUT2D eigenvalue weighted by Gasteiger charge is -2.24. The Hall–Kier alpha value is -2.07. The van der Waals surface area contributed by atoms with Crippen LogP contribution in [0.15, 0.2) is 24.3 Å². The van der Waals surface area contributed by atoms with Gasteiger partial charge in [0.25, 0.3) is 0 Å². The van der Waals surface area contributed by atoms with Gasteiger partial charge in [0, 0.05) is 19.4 Å². The van der Waals surface area contributed by atoms with Crippen molar-refractivity contribution in [2.75, 3.05) is 10.8 Å². The second-order valence-corrected chi connectivity index (χ2v) is 5.73. The first-order valence-electron chi connectivity index (χ1n) is 6.18. The molecule has 0 radical (unpaired) electrons. The van der Waals surface area contributed by atoms with E-state index < -0.39 is 16.1 Å². The third-order valence-electron chi connectivity index (χ3n) is 2.67. The minimum absolute atomic E-state index is 0.0160. The number of rotatable bonds is 6. The Bertz CT molecular complexity index is 620. The van der Waals surface area contributed by atoms with E-state index in [1.807, 2.05) is 10.8 Å². The van der Waals surface area contributed by atoms with Crippen molar-refractivity contribution in [2.45, 2.75) is 26.7 Å². The molecule has 0 aliphatic heterocycles. The van der Waals surface area contributed by atoms with Gasteiger partial charge in [0.05, 0.1) is 11.8 Å². The number of benzene rings is 1. The Morgan fingerprint density at radius 1 is 1.40 bits per heavy atom. The maximum atomic E-state index is 12.2. The first kappa shape index (κ1) is 16.0. The zero-order valence-corrected chi connectivity index (χ0v) is 12.3. The van der Waals surface area contributed by atoms with Crippen LogP contribution in [0.3, 0.4) is 0 Å². The molecule has 1 aromatic rings. The highest BCUT2D eigenvalue weighted by molar-refractivity contribution is 7.91. The van der Waals surface area contributed by atoms with Crippen molar-refractivity contribution in [1.82, 2.24) is 4.72 Å². The van der Waals surface area contributed by atoms with Gasteiger partial charge in [-0.15, -0.1) is 0 Å². The number of carbonyl (C=O) groups excluding carboxylic acids is 1. The molecule has 6 nitrogen and oxygen atoms in total. The molecule has 0 saturated carbocycles. The van der Waals surface area contributed by atoms with E-state index in [2.05, 4.69) is 0 Å². The normalized spacial score (nSPS) is 10.7. The van der Waals surface area contributed by atoms with Gasteiger partial charge in [-0.05, 0) is 25.5 Å². The molecule has 0 bridgehead atoms. The molecule has 1 aromatic carbocycles. The third-order valence-corrected chi connectivity index (χ3v) is 4.19. The molecule has 0 saturated heterocycles. The minimum atomic E-state index is -3.95. The SMILES string of the molecule is CCN(c1ccccc1C)S(=O)(=O)NC(=O)CCC#N. The molecule has 1 amide bonds. The average molecular weight is 295 g/mol. The molecule has 0 fully saturated rings. The summed E-state index contributed by atoms with van der Waals surface area (Å²) in [5.74, 6) is -0.682. The summed E-state index contributed by atoms with van der Waals surface area (Å²) in [7, 11) is -3.95. The molecule has 1 rings (SSSR count). The average Bonchev–Trinajstić information content (AvgIpc) is 2.38. The lowest BCUT2D eigenvalue weighted by atomic mass is 10.2. The van der Waals surface area contributed by atoms with Crippen LogP contribution in [-0.2, 0) is 15.0 Å². The summed E-state index contributed by atoms with van der Waals surface area (Å²) in [5, 5.41) is 8.39. The predicted octanol–water partition coefficient (Wildman–Crippen LogP) is 1.49. The highest BCUT2D eigenvalue weighted by atomic mass is 32.2. The Morgan fingerprint density at radius 3 is 2.60 bits per heavy atom. The molecule has 0 spiro atoms. The Balaban J connectivity index is 2.97. The lowest BCUT2D eigenvalue weighted by molar-refractivity contribution is -0.119. The van der Waals surface area contributed by atoms with Gasteiger partial charge in [0.2, 0.25) is 5.91 Å². The van der Waals surface area contributed by atoms with Crippen LogP contribution in [0.2, 0.25) is 0 Å². The van der Waals surface area contributed by atoms with Crippen LogP contribution >= 0.6 is 0 Å². The van der Waals surface area contributed by atoms with E-state index in [4.69, 9.17) is 5.26 Å². The summed E-state index contributed by atoms with van der Waals surface area (Å²) in [4.78, 5) is 11.5. The van der Waals surface area contributed by atoms with Crippen LogP contribution in [0, 0.1) is 18.3 Å². The fraction of sp³-hybridized carbons (Fsp3) is 0.385. The number of aryl methyl sites for hydroxylation is 1. The van der Waals surface area contributed by atoms with Crippen LogP contribution < -0.4 is 9.03 Å². The highest BCUT2D eigenvalue weighted by Crippen LogP contribution is 2.21. The van der Waals surface area contributed by atoms with E-state index in [1.54, 1.807) is 38.1 Å². The molecule has 0 aliphatic carbocycles. The van der Waals surface area contributed by atoms with E-state index in [-0.39, 0.29) is 19.4 Å². The number of nitrogens with one attached hydrogen (secondary N) is 1. The van der Waals surface area contributed by atoms with Gasteiger partial charge in [-0.25, -0.2) is 4.72 Å². The zero-order valence-electron chi connectivity index (χ0n) is 11.5. The van der Waals surface area contributed by atoms with Crippen molar-refractivity contribution < 1.29 is 13.2 Å². The van der Waals surface area contributed by atoms with E-state index >= 15 is 0 Å². The molecule has 7 heteroatoms. The molecule has 108 valence electrons. The monoisotopic (exact) mass is 295 g/mol. The lowest BCUT2D eigenvalue weighted by Crippen LogP contribution is -2.43. The number of amides is 1. The molecular weight excluding hydrogens is 278 g/mol. The first-order chi connectivity index (χ1) is 9.42. The van der Waals surface area contributed by atoms with Crippen LogP contribution in [-0.4, -0.2) is 20.9 Å². The van der Waals surface area contributed by atoms with E-state index in [0.717, 1.165) is 9.87 Å². The van der Waals surface area contributed by atoms with E-state index in [0.29, 0.717) is 5.69 Å². The molecule has 0 unspecified atom stereocenters. The van der Waals surface area contributed by atoms with Crippen molar-refractivity contribution in [3.05, 3.63) is 29.8 Å². The topological polar surface area (TPSA) is 90.3 Å². The Morgan fingerprint density at radius 2 is 2.05 bits per heavy atom. The summed E-state index contributed by atoms with van der Waals surface area (Å²) in [6.45, 7) is 3.68.